The van der Waals surface area contributed by atoms with Gasteiger partial charge >= 0.3 is 0 Å². The number of nitrogens with one attached hydrogen (secondary N) is 1. The van der Waals surface area contributed by atoms with Crippen molar-refractivity contribution >= 4 is 35.0 Å². The average Bonchev–Trinajstić information content (AvgIpc) is 2.34. The summed E-state index contributed by atoms with van der Waals surface area (Å²) in [6, 6.07) is 4.68. The van der Waals surface area contributed by atoms with Crippen LogP contribution in [0.3, 0.4) is 0 Å². The van der Waals surface area contributed by atoms with Crippen LogP contribution in [0.2, 0.25) is 10.0 Å². The van der Waals surface area contributed by atoms with E-state index >= 15 is 0 Å². The number of rotatable bonds is 5. The summed E-state index contributed by atoms with van der Waals surface area (Å²) in [7, 11) is 3.02. The van der Waals surface area contributed by atoms with Crippen molar-refractivity contribution in [3.05, 3.63) is 28.2 Å². The molecule has 1 aromatic rings. The van der Waals surface area contributed by atoms with Crippen molar-refractivity contribution in [1.82, 2.24) is 10.2 Å². The molecule has 19 heavy (non-hydrogen) atoms. The van der Waals surface area contributed by atoms with Crippen LogP contribution in [0.5, 0.6) is 5.75 Å². The molecule has 1 rings (SSSR count). The molecule has 5 nitrogen and oxygen atoms in total. The summed E-state index contributed by atoms with van der Waals surface area (Å²) in [4.78, 5) is 24.1. The SMILES string of the molecule is CNC(=O)CN(C)C(=O)COc1cc(Cl)cc(Cl)c1. The molecule has 0 unspecified atom stereocenters. The van der Waals surface area contributed by atoms with Crippen LogP contribution in [0.1, 0.15) is 0 Å². The number of hydrogen-bond donors (Lipinski definition) is 1. The van der Waals surface area contributed by atoms with Gasteiger partial charge in [0.25, 0.3) is 5.91 Å². The number of nitrogens with zero attached hydrogens (tertiary/aromatic N) is 1. The summed E-state index contributed by atoms with van der Waals surface area (Å²) in [6.45, 7) is -0.209. The maximum Gasteiger partial charge on any atom is 0.260 e. The Balaban J connectivity index is 2.51. The molecule has 0 atom stereocenters. The molecule has 7 heteroatoms. The van der Waals surface area contributed by atoms with E-state index in [1.807, 2.05) is 0 Å². The molecule has 0 saturated heterocycles. The van der Waals surface area contributed by atoms with Gasteiger partial charge in [-0.15, -0.1) is 0 Å². The van der Waals surface area contributed by atoms with Crippen LogP contribution >= 0.6 is 23.2 Å². The number of ether oxygens (including phenoxy) is 1. The number of benzene rings is 1. The van der Waals surface area contributed by atoms with Gasteiger partial charge in [0.05, 0.1) is 6.54 Å². The van der Waals surface area contributed by atoms with Crippen molar-refractivity contribution in [2.75, 3.05) is 27.2 Å². The van der Waals surface area contributed by atoms with Crippen LogP contribution < -0.4 is 10.1 Å². The lowest BCUT2D eigenvalue weighted by molar-refractivity contribution is -0.136. The Hall–Kier alpha value is -1.46. The number of carbonyl (C=O) groups excluding carboxylic acids is 2. The first-order chi connectivity index (χ1) is 8.92. The first kappa shape index (κ1) is 15.6. The summed E-state index contributed by atoms with van der Waals surface area (Å²) in [5.74, 6) is -0.166. The molecule has 0 spiro atoms. The molecule has 0 bridgehead atoms. The number of likely N-dealkylation sites (N-methyl/N-ethyl adjacent to an activating group) is 2. The monoisotopic (exact) mass is 304 g/mol. The molecule has 0 heterocycles. The molecule has 0 radical (unpaired) electrons. The Bertz CT molecular complexity index is 460. The van der Waals surface area contributed by atoms with E-state index in [4.69, 9.17) is 27.9 Å². The van der Waals surface area contributed by atoms with Crippen molar-refractivity contribution < 1.29 is 14.3 Å². The standard InChI is InChI=1S/C12H14Cl2N2O3/c1-15-11(17)6-16(2)12(18)7-19-10-4-8(13)3-9(14)5-10/h3-5H,6-7H2,1-2H3,(H,15,17). The van der Waals surface area contributed by atoms with Crippen molar-refractivity contribution in [2.45, 2.75) is 0 Å². The lowest BCUT2D eigenvalue weighted by Crippen LogP contribution is -2.39. The minimum atomic E-state index is -0.320. The third kappa shape index (κ3) is 5.36. The van der Waals surface area contributed by atoms with Gasteiger partial charge in [-0.2, -0.15) is 0 Å². The lowest BCUT2D eigenvalue weighted by atomic mass is 10.3. The highest BCUT2D eigenvalue weighted by Gasteiger charge is 2.12. The molecule has 1 aromatic carbocycles. The smallest absolute Gasteiger partial charge is 0.260 e. The summed E-state index contributed by atoms with van der Waals surface area (Å²) in [6.07, 6.45) is 0. The zero-order chi connectivity index (χ0) is 14.4. The van der Waals surface area contributed by atoms with E-state index in [0.29, 0.717) is 15.8 Å². The first-order valence-electron chi connectivity index (χ1n) is 5.46. The normalized spacial score (nSPS) is 9.89. The van der Waals surface area contributed by atoms with Crippen LogP contribution in [0.4, 0.5) is 0 Å². The number of carbonyl (C=O) groups is 2. The van der Waals surface area contributed by atoms with Crippen molar-refractivity contribution in [3.8, 4) is 5.75 Å². The predicted octanol–water partition coefficient (Wildman–Crippen LogP) is 1.58. The van der Waals surface area contributed by atoms with Crippen molar-refractivity contribution in [1.29, 1.82) is 0 Å². The maximum atomic E-state index is 11.7. The summed E-state index contributed by atoms with van der Waals surface area (Å²) in [5, 5.41) is 3.28. The van der Waals surface area contributed by atoms with Crippen LogP contribution in [0, 0.1) is 0 Å². The third-order valence-electron chi connectivity index (χ3n) is 2.28. The van der Waals surface area contributed by atoms with E-state index in [0.717, 1.165) is 0 Å². The van der Waals surface area contributed by atoms with E-state index in [-0.39, 0.29) is 25.0 Å². The second-order valence-electron chi connectivity index (χ2n) is 3.82. The summed E-state index contributed by atoms with van der Waals surface area (Å²) >= 11 is 11.6. The van der Waals surface area contributed by atoms with Gasteiger partial charge in [0.15, 0.2) is 6.61 Å². The molecule has 0 saturated carbocycles. The Morgan fingerprint density at radius 3 is 2.37 bits per heavy atom. The van der Waals surface area contributed by atoms with Gasteiger partial charge in [-0.05, 0) is 18.2 Å². The highest BCUT2D eigenvalue weighted by Crippen LogP contribution is 2.24. The Morgan fingerprint density at radius 1 is 1.26 bits per heavy atom. The number of amides is 2. The van der Waals surface area contributed by atoms with Gasteiger partial charge in [0.2, 0.25) is 5.91 Å². The van der Waals surface area contributed by atoms with Crippen LogP contribution in [-0.2, 0) is 9.59 Å². The fourth-order valence-corrected chi connectivity index (χ4v) is 1.76. The minimum absolute atomic E-state index is 0.0189. The van der Waals surface area contributed by atoms with Gasteiger partial charge in [-0.3, -0.25) is 9.59 Å². The molecule has 104 valence electrons. The van der Waals surface area contributed by atoms with Crippen LogP contribution in [0.25, 0.3) is 0 Å². The average molecular weight is 305 g/mol. The van der Waals surface area contributed by atoms with Gasteiger partial charge < -0.3 is 15.0 Å². The molecular weight excluding hydrogens is 291 g/mol. The predicted molar refractivity (Wildman–Crippen MR) is 73.7 cm³/mol. The van der Waals surface area contributed by atoms with E-state index in [9.17, 15) is 9.59 Å². The van der Waals surface area contributed by atoms with Crippen molar-refractivity contribution in [3.63, 3.8) is 0 Å². The topological polar surface area (TPSA) is 58.6 Å². The Morgan fingerprint density at radius 2 is 1.84 bits per heavy atom. The lowest BCUT2D eigenvalue weighted by Gasteiger charge is -2.16. The molecule has 0 aliphatic carbocycles. The third-order valence-corrected chi connectivity index (χ3v) is 2.72. The second-order valence-corrected chi connectivity index (χ2v) is 4.69. The molecular formula is C12H14Cl2N2O3. The molecule has 0 aliphatic heterocycles. The van der Waals surface area contributed by atoms with Gasteiger partial charge in [0.1, 0.15) is 5.75 Å². The highest BCUT2D eigenvalue weighted by atomic mass is 35.5. The van der Waals surface area contributed by atoms with Crippen LogP contribution in [0.15, 0.2) is 18.2 Å². The molecule has 0 aliphatic rings. The van der Waals surface area contributed by atoms with Crippen molar-refractivity contribution in [2.24, 2.45) is 0 Å². The van der Waals surface area contributed by atoms with Crippen LogP contribution in [-0.4, -0.2) is 44.0 Å². The highest BCUT2D eigenvalue weighted by molar-refractivity contribution is 6.34. The zero-order valence-corrected chi connectivity index (χ0v) is 12.1. The minimum Gasteiger partial charge on any atom is -0.484 e. The molecule has 1 N–H and O–H groups in total. The number of hydrogen-bond acceptors (Lipinski definition) is 3. The van der Waals surface area contributed by atoms with Gasteiger partial charge in [0, 0.05) is 24.1 Å². The van der Waals surface area contributed by atoms with E-state index in [1.165, 1.54) is 19.0 Å². The zero-order valence-electron chi connectivity index (χ0n) is 10.6. The second kappa shape index (κ2) is 7.21. The molecule has 2 amide bonds. The quantitative estimate of drug-likeness (QED) is 0.898. The van der Waals surface area contributed by atoms with Gasteiger partial charge in [-0.25, -0.2) is 0 Å². The Labute approximate surface area is 121 Å². The van der Waals surface area contributed by atoms with E-state index in [2.05, 4.69) is 5.32 Å². The summed E-state index contributed by atoms with van der Waals surface area (Å²) in [5.41, 5.74) is 0. The number of halogens is 2. The molecule has 0 fully saturated rings. The maximum absolute atomic E-state index is 11.7. The van der Waals surface area contributed by atoms with E-state index in [1.54, 1.807) is 18.2 Å². The first-order valence-corrected chi connectivity index (χ1v) is 6.21. The molecule has 0 aromatic heterocycles. The Kier molecular flexibility index (Phi) is 5.92. The van der Waals surface area contributed by atoms with E-state index < -0.39 is 0 Å². The fraction of sp³-hybridized carbons (Fsp3) is 0.333. The fourth-order valence-electron chi connectivity index (χ4n) is 1.25. The summed E-state index contributed by atoms with van der Waals surface area (Å²) < 4.78 is 5.27. The van der Waals surface area contributed by atoms with Gasteiger partial charge in [-0.1, -0.05) is 23.2 Å². The largest absolute Gasteiger partial charge is 0.484 e.